The monoisotopic (exact) mass is 1160 g/mol. The number of carboxylic acids is 1. The van der Waals surface area contributed by atoms with Crippen LogP contribution in [-0.2, 0) is 96.9 Å². The van der Waals surface area contributed by atoms with Crippen molar-refractivity contribution in [2.24, 2.45) is 5.73 Å². The van der Waals surface area contributed by atoms with E-state index in [4.69, 9.17) is 58.2 Å². The van der Waals surface area contributed by atoms with Crippen molar-refractivity contribution in [1.29, 1.82) is 0 Å². The molecule has 1 rings (SSSR count). The van der Waals surface area contributed by atoms with Crippen molar-refractivity contribution < 1.29 is 101 Å². The van der Waals surface area contributed by atoms with E-state index in [0.29, 0.717) is 131 Å². The molecule has 1 aromatic rings. The number of nitrogens with two attached hydrogens (primary N) is 1. The average molecular weight is 1160 g/mol. The predicted octanol–water partition coefficient (Wildman–Crippen LogP) is -0.729. The van der Waals surface area contributed by atoms with E-state index in [1.807, 2.05) is 0 Å². The molecule has 81 heavy (non-hydrogen) atoms. The van der Waals surface area contributed by atoms with Crippen LogP contribution in [0.4, 0.5) is 5.69 Å². The fourth-order valence-corrected chi connectivity index (χ4v) is 6.65. The summed E-state index contributed by atoms with van der Waals surface area (Å²) in [6, 6.07) is 3.09. The number of unbranched alkanes of at least 4 members (excludes halogenated alkanes) is 1. The van der Waals surface area contributed by atoms with E-state index in [0.717, 1.165) is 12.2 Å². The van der Waals surface area contributed by atoms with Gasteiger partial charge >= 0.3 is 11.9 Å². The van der Waals surface area contributed by atoms with Crippen LogP contribution in [-0.4, -0.2) is 236 Å². The van der Waals surface area contributed by atoms with Crippen LogP contribution in [0.2, 0.25) is 0 Å². The molecule has 10 N–H and O–H groups in total. The van der Waals surface area contributed by atoms with Gasteiger partial charge in [-0.25, -0.2) is 4.79 Å². The van der Waals surface area contributed by atoms with Gasteiger partial charge in [-0.1, -0.05) is 6.07 Å². The number of hydrogen-bond donors (Lipinski definition) is 9. The van der Waals surface area contributed by atoms with Crippen molar-refractivity contribution in [2.75, 3.05) is 171 Å². The number of amides is 6. The van der Waals surface area contributed by atoms with Gasteiger partial charge in [0.05, 0.1) is 138 Å². The first-order valence-corrected chi connectivity index (χ1v) is 27.2. The van der Waals surface area contributed by atoms with Crippen LogP contribution in [0.1, 0.15) is 63.4 Å². The quantitative estimate of drug-likeness (QED) is 0.0168. The topological polar surface area (TPSA) is 377 Å². The third-order valence-corrected chi connectivity index (χ3v) is 10.9. The largest absolute Gasteiger partial charge is 0.506 e. The zero-order chi connectivity index (χ0) is 59.4. The molecule has 0 aromatic heterocycles. The third kappa shape index (κ3) is 45.4. The zero-order valence-corrected chi connectivity index (χ0v) is 47.1. The molecule has 0 heterocycles. The molecule has 28 nitrogen and oxygen atoms in total. The number of rotatable bonds is 54. The van der Waals surface area contributed by atoms with Crippen molar-refractivity contribution in [2.45, 2.75) is 76.3 Å². The second kappa shape index (κ2) is 51.0. The Bertz CT molecular complexity index is 1930. The summed E-state index contributed by atoms with van der Waals surface area (Å²) < 4.78 is 58.3. The average Bonchev–Trinajstić information content (AvgIpc) is 3.44. The number of hydrogen-bond acceptors (Lipinski definition) is 21. The highest BCUT2D eigenvalue weighted by Gasteiger charge is 2.21. The Morgan fingerprint density at radius 2 is 1.05 bits per heavy atom. The lowest BCUT2D eigenvalue weighted by atomic mass is 10.0. The number of phenols is 1. The number of aliphatic carboxylic acids is 1. The molecule has 6 amide bonds. The maximum atomic E-state index is 13.3. The SMILES string of the molecule is COCCOCCOCCOCCOCCOCCOCCOCCOCCOCC(=O)NCCCC[C@H](NC(=O)CCCNC(=O)/C=C/C(=O)OC)C(=O)NCCCC(=O)NCC(=O)Nc1cc(C[C@H](N)CCC(=O)O)ccc1O. The van der Waals surface area contributed by atoms with E-state index in [-0.39, 0.29) is 102 Å². The molecule has 0 aliphatic rings. The van der Waals surface area contributed by atoms with E-state index < -0.39 is 60.1 Å². The smallest absolute Gasteiger partial charge is 0.330 e. The minimum atomic E-state index is -0.967. The summed E-state index contributed by atoms with van der Waals surface area (Å²) in [7, 11) is 2.80. The summed E-state index contributed by atoms with van der Waals surface area (Å²) in [5.41, 5.74) is 6.77. The lowest BCUT2D eigenvalue weighted by Crippen LogP contribution is -2.47. The maximum absolute atomic E-state index is 13.3. The predicted molar refractivity (Wildman–Crippen MR) is 292 cm³/mol. The number of phenolic OH excluding ortho intramolecular Hbond substituents is 1. The molecule has 2 atom stereocenters. The van der Waals surface area contributed by atoms with Gasteiger partial charge in [0, 0.05) is 64.2 Å². The molecule has 0 saturated carbocycles. The molecule has 0 bridgehead atoms. The third-order valence-electron chi connectivity index (χ3n) is 10.9. The first kappa shape index (κ1) is 73.1. The molecule has 0 aliphatic heterocycles. The van der Waals surface area contributed by atoms with Gasteiger partial charge in [0.1, 0.15) is 18.4 Å². The second-order valence-corrected chi connectivity index (χ2v) is 17.6. The van der Waals surface area contributed by atoms with Gasteiger partial charge in [0.2, 0.25) is 35.4 Å². The Morgan fingerprint density at radius 3 is 1.58 bits per heavy atom. The highest BCUT2D eigenvalue weighted by molar-refractivity contribution is 5.96. The van der Waals surface area contributed by atoms with Crippen molar-refractivity contribution in [3.63, 3.8) is 0 Å². The van der Waals surface area contributed by atoms with Crippen LogP contribution in [0, 0.1) is 0 Å². The number of anilines is 1. The number of carboxylic acid groups (broad SMARTS) is 1. The summed E-state index contributed by atoms with van der Waals surface area (Å²) >= 11 is 0. The standard InChI is InChI=1S/C53H89N7O21/c1-71-19-20-73-21-22-74-23-24-75-25-26-76-27-28-77-29-30-78-31-32-79-33-34-80-35-36-81-40-50(66)56-16-4-3-7-43(59-48(64)9-6-17-55-47(63)13-15-52(69)72-2)53(70)57-18-5-8-46(62)58-39-49(65)60-44-38-41(10-12-45(44)61)37-42(54)11-14-51(67)68/h10,12-13,15,38,42-43,61H,3-9,11,14,16-37,39-40,54H2,1-2H3,(H,55,63)(H,56,66)(H,57,70)(H,58,62)(H,59,64)(H,60,65)(H,67,68)/b15-13+/t42-,43+/m1/s1. The summed E-state index contributed by atoms with van der Waals surface area (Å²) in [5.74, 6) is -4.83. The molecule has 0 aliphatic carbocycles. The molecule has 0 spiro atoms. The van der Waals surface area contributed by atoms with Crippen molar-refractivity contribution >= 4 is 53.1 Å². The van der Waals surface area contributed by atoms with Gasteiger partial charge in [-0.3, -0.25) is 33.6 Å². The number of carbonyl (C=O) groups excluding carboxylic acids is 7. The summed E-state index contributed by atoms with van der Waals surface area (Å²) in [5, 5.41) is 34.9. The van der Waals surface area contributed by atoms with Crippen LogP contribution in [0.25, 0.3) is 0 Å². The van der Waals surface area contributed by atoms with Gasteiger partial charge in [-0.15, -0.1) is 0 Å². The first-order valence-electron chi connectivity index (χ1n) is 27.2. The number of methoxy groups -OCH3 is 2. The van der Waals surface area contributed by atoms with Crippen LogP contribution in [0.3, 0.4) is 0 Å². The first-order chi connectivity index (χ1) is 39.2. The van der Waals surface area contributed by atoms with Crippen LogP contribution in [0.15, 0.2) is 30.4 Å². The van der Waals surface area contributed by atoms with E-state index in [9.17, 15) is 43.5 Å². The molecule has 0 radical (unpaired) electrons. The second-order valence-electron chi connectivity index (χ2n) is 17.6. The van der Waals surface area contributed by atoms with Gasteiger partial charge < -0.3 is 100.0 Å². The fraction of sp³-hybridized carbons (Fsp3) is 0.698. The van der Waals surface area contributed by atoms with Crippen LogP contribution >= 0.6 is 0 Å². The number of esters is 1. The van der Waals surface area contributed by atoms with Gasteiger partial charge in [-0.2, -0.15) is 0 Å². The van der Waals surface area contributed by atoms with Gasteiger partial charge in [0.25, 0.3) is 0 Å². The highest BCUT2D eigenvalue weighted by Crippen LogP contribution is 2.25. The molecular formula is C53H89N7O21. The number of nitrogens with one attached hydrogen (secondary N) is 6. The molecule has 0 fully saturated rings. The lowest BCUT2D eigenvalue weighted by Gasteiger charge is -2.19. The Kier molecular flexibility index (Phi) is 46.0. The number of benzene rings is 1. The minimum Gasteiger partial charge on any atom is -0.506 e. The van der Waals surface area contributed by atoms with Gasteiger partial charge in [-0.05, 0) is 62.6 Å². The fourth-order valence-electron chi connectivity index (χ4n) is 6.65. The van der Waals surface area contributed by atoms with E-state index in [1.165, 1.54) is 19.2 Å². The van der Waals surface area contributed by atoms with Crippen molar-refractivity contribution in [3.05, 3.63) is 35.9 Å². The number of ether oxygens (including phenoxy) is 11. The Labute approximate surface area is 474 Å². The Morgan fingerprint density at radius 1 is 0.543 bits per heavy atom. The zero-order valence-electron chi connectivity index (χ0n) is 47.1. The number of aromatic hydroxyl groups is 1. The van der Waals surface area contributed by atoms with Crippen molar-refractivity contribution in [3.8, 4) is 5.75 Å². The maximum Gasteiger partial charge on any atom is 0.330 e. The Hall–Kier alpha value is -5.92. The lowest BCUT2D eigenvalue weighted by molar-refractivity contribution is -0.137. The van der Waals surface area contributed by atoms with Gasteiger partial charge in [0.15, 0.2) is 0 Å². The number of carbonyl (C=O) groups is 8. The summed E-state index contributed by atoms with van der Waals surface area (Å²) in [6.45, 7) is 7.61. The summed E-state index contributed by atoms with van der Waals surface area (Å²) in [4.78, 5) is 97.5. The van der Waals surface area contributed by atoms with E-state index in [2.05, 4.69) is 36.6 Å². The van der Waals surface area contributed by atoms with Crippen molar-refractivity contribution in [1.82, 2.24) is 26.6 Å². The molecule has 28 heteroatoms. The van der Waals surface area contributed by atoms with E-state index >= 15 is 0 Å². The minimum absolute atomic E-state index is 0.0307. The highest BCUT2D eigenvalue weighted by atomic mass is 16.6. The summed E-state index contributed by atoms with van der Waals surface area (Å²) in [6.07, 6.45) is 3.89. The van der Waals surface area contributed by atoms with Crippen LogP contribution < -0.4 is 37.6 Å². The molecule has 1 aromatic carbocycles. The molecule has 462 valence electrons. The molecule has 0 saturated heterocycles. The normalized spacial score (nSPS) is 11.9. The van der Waals surface area contributed by atoms with Crippen LogP contribution in [0.5, 0.6) is 5.75 Å². The van der Waals surface area contributed by atoms with E-state index in [1.54, 1.807) is 13.2 Å². The Balaban J connectivity index is 2.28. The molecular weight excluding hydrogens is 1070 g/mol. The molecule has 0 unspecified atom stereocenters.